The molecule has 0 spiro atoms. The lowest BCUT2D eigenvalue weighted by atomic mass is 9.81. The van der Waals surface area contributed by atoms with Crippen LogP contribution in [-0.4, -0.2) is 73.5 Å². The fourth-order valence-electron chi connectivity index (χ4n) is 6.79. The first-order valence-electron chi connectivity index (χ1n) is 14.7. The second-order valence-corrected chi connectivity index (χ2v) is 11.1. The van der Waals surface area contributed by atoms with Gasteiger partial charge in [-0.05, 0) is 62.1 Å². The van der Waals surface area contributed by atoms with E-state index >= 15 is 0 Å². The number of nitrogens with one attached hydrogen (secondary N) is 1. The third-order valence-electron chi connectivity index (χ3n) is 8.64. The third-order valence-corrected chi connectivity index (χ3v) is 8.64. The van der Waals surface area contributed by atoms with Crippen LogP contribution in [0.4, 0.5) is 0 Å². The summed E-state index contributed by atoms with van der Waals surface area (Å²) < 4.78 is 25.2. The maximum absolute atomic E-state index is 13.6. The van der Waals surface area contributed by atoms with Crippen molar-refractivity contribution in [2.75, 3.05) is 39.6 Å². The molecule has 2 saturated carbocycles. The first-order valence-corrected chi connectivity index (χ1v) is 14.7. The van der Waals surface area contributed by atoms with Gasteiger partial charge in [0.2, 0.25) is 12.2 Å². The normalized spacial score (nSPS) is 27.5. The predicted molar refractivity (Wildman–Crippen MR) is 150 cm³/mol. The molecule has 2 aromatic rings. The summed E-state index contributed by atoms with van der Waals surface area (Å²) in [6, 6.07) is 8.04. The number of aromatic nitrogens is 1. The van der Waals surface area contributed by atoms with Crippen molar-refractivity contribution in [1.29, 1.82) is 0 Å². The molecular formula is C31H42N2O7. The fraction of sp³-hybridized carbons (Fsp3) is 0.613. The topological polar surface area (TPSA) is 108 Å². The van der Waals surface area contributed by atoms with Gasteiger partial charge < -0.3 is 29.4 Å². The van der Waals surface area contributed by atoms with E-state index in [0.29, 0.717) is 38.8 Å². The summed E-state index contributed by atoms with van der Waals surface area (Å²) in [4.78, 5) is 26.1. The molecule has 1 amide bonds. The Morgan fingerprint density at radius 3 is 2.60 bits per heavy atom. The highest BCUT2D eigenvalue weighted by Crippen LogP contribution is 2.45. The van der Waals surface area contributed by atoms with Crippen molar-refractivity contribution in [3.63, 3.8) is 0 Å². The van der Waals surface area contributed by atoms with E-state index < -0.39 is 6.29 Å². The Labute approximate surface area is 235 Å². The predicted octanol–water partition coefficient (Wildman–Crippen LogP) is 4.00. The van der Waals surface area contributed by atoms with E-state index in [2.05, 4.69) is 5.32 Å². The lowest BCUT2D eigenvalue weighted by Crippen LogP contribution is -2.43. The van der Waals surface area contributed by atoms with Crippen LogP contribution in [0.25, 0.3) is 10.9 Å². The number of carbonyl (C=O) groups is 2. The smallest absolute Gasteiger partial charge is 0.286 e. The number of rotatable bonds is 13. The van der Waals surface area contributed by atoms with Crippen molar-refractivity contribution >= 4 is 22.7 Å². The van der Waals surface area contributed by atoms with Gasteiger partial charge in [-0.1, -0.05) is 24.6 Å². The van der Waals surface area contributed by atoms with Crippen LogP contribution in [0.1, 0.15) is 62.2 Å². The monoisotopic (exact) mass is 554 g/mol. The lowest BCUT2D eigenvalue weighted by molar-refractivity contribution is -0.168. The maximum Gasteiger partial charge on any atom is 0.286 e. The molecule has 9 heteroatoms. The molecule has 1 aromatic heterocycles. The number of aliphatic hydroxyl groups is 1. The summed E-state index contributed by atoms with van der Waals surface area (Å²) in [7, 11) is 0. The summed E-state index contributed by atoms with van der Waals surface area (Å²) in [6.45, 7) is 5.43. The van der Waals surface area contributed by atoms with Gasteiger partial charge in [0.25, 0.3) is 5.91 Å². The molecule has 2 aliphatic carbocycles. The molecule has 0 radical (unpaired) electrons. The SMILES string of the molecule is CCOC1OC(C(=O)NC2CC3CCC2C3)=CC(c2cn(C(C)=O)c3ccccc23)C1CCOCCOCCO. The molecule has 5 rings (SSSR count). The van der Waals surface area contributed by atoms with Crippen LogP contribution in [0.5, 0.6) is 0 Å². The Bertz CT molecular complexity index is 1210. The zero-order valence-corrected chi connectivity index (χ0v) is 23.6. The van der Waals surface area contributed by atoms with Crippen molar-refractivity contribution in [3.8, 4) is 0 Å². The molecule has 2 N–H and O–H groups in total. The van der Waals surface area contributed by atoms with Gasteiger partial charge in [0, 0.05) is 49.6 Å². The van der Waals surface area contributed by atoms with Gasteiger partial charge in [-0.3, -0.25) is 14.2 Å². The Kier molecular flexibility index (Phi) is 9.57. The standard InChI is InChI=1S/C31H42N2O7/c1-3-39-31-24(10-12-37-14-15-38-13-11-34)25(26-19-33(20(2)35)28-7-5-4-6-23(26)28)18-29(40-31)30(36)32-27-17-21-8-9-22(27)16-21/h4-7,18-19,21-22,24-25,27,31,34H,3,8-17H2,1-2H3,(H,32,36). The number of benzene rings is 1. The number of carbonyl (C=O) groups excluding carboxylic acids is 2. The van der Waals surface area contributed by atoms with E-state index in [4.69, 9.17) is 24.1 Å². The highest BCUT2D eigenvalue weighted by molar-refractivity contribution is 5.95. The van der Waals surface area contributed by atoms with Gasteiger partial charge >= 0.3 is 0 Å². The number of para-hydroxylation sites is 1. The third kappa shape index (κ3) is 6.28. The molecule has 1 aliphatic heterocycles. The van der Waals surface area contributed by atoms with Gasteiger partial charge in [-0.25, -0.2) is 0 Å². The van der Waals surface area contributed by atoms with Crippen LogP contribution in [0.2, 0.25) is 0 Å². The lowest BCUT2D eigenvalue weighted by Gasteiger charge is -2.37. The van der Waals surface area contributed by atoms with Crippen LogP contribution in [0.15, 0.2) is 42.3 Å². The average molecular weight is 555 g/mol. The highest BCUT2D eigenvalue weighted by Gasteiger charge is 2.43. The minimum Gasteiger partial charge on any atom is -0.459 e. The van der Waals surface area contributed by atoms with Crippen LogP contribution < -0.4 is 5.32 Å². The van der Waals surface area contributed by atoms with E-state index in [1.165, 1.54) is 19.3 Å². The molecular weight excluding hydrogens is 512 g/mol. The van der Waals surface area contributed by atoms with Crippen molar-refractivity contribution in [1.82, 2.24) is 9.88 Å². The van der Waals surface area contributed by atoms with E-state index in [9.17, 15) is 9.59 Å². The second kappa shape index (κ2) is 13.3. The summed E-state index contributed by atoms with van der Waals surface area (Å²) >= 11 is 0. The molecule has 218 valence electrons. The Morgan fingerprint density at radius 2 is 1.90 bits per heavy atom. The van der Waals surface area contributed by atoms with E-state index in [0.717, 1.165) is 28.8 Å². The molecule has 0 saturated heterocycles. The molecule has 40 heavy (non-hydrogen) atoms. The molecule has 2 heterocycles. The van der Waals surface area contributed by atoms with Gasteiger partial charge in [0.15, 0.2) is 5.76 Å². The van der Waals surface area contributed by atoms with Crippen molar-refractivity contribution in [3.05, 3.63) is 47.9 Å². The van der Waals surface area contributed by atoms with Gasteiger partial charge in [-0.2, -0.15) is 0 Å². The number of hydrogen-bond acceptors (Lipinski definition) is 7. The van der Waals surface area contributed by atoms with Gasteiger partial charge in [-0.15, -0.1) is 0 Å². The van der Waals surface area contributed by atoms with Crippen LogP contribution in [-0.2, 0) is 23.7 Å². The van der Waals surface area contributed by atoms with E-state index in [-0.39, 0.29) is 48.7 Å². The molecule has 2 fully saturated rings. The fourth-order valence-corrected chi connectivity index (χ4v) is 6.79. The zero-order chi connectivity index (χ0) is 28.1. The second-order valence-electron chi connectivity index (χ2n) is 11.1. The summed E-state index contributed by atoms with van der Waals surface area (Å²) in [5, 5.41) is 13.1. The maximum atomic E-state index is 13.6. The molecule has 6 unspecified atom stereocenters. The van der Waals surface area contributed by atoms with Gasteiger partial charge in [0.1, 0.15) is 0 Å². The Morgan fingerprint density at radius 1 is 1.10 bits per heavy atom. The van der Waals surface area contributed by atoms with Crippen molar-refractivity contribution < 1.29 is 33.6 Å². The summed E-state index contributed by atoms with van der Waals surface area (Å²) in [5.74, 6) is 0.901. The van der Waals surface area contributed by atoms with Gasteiger partial charge in [0.05, 0.1) is 31.9 Å². The largest absolute Gasteiger partial charge is 0.459 e. The molecule has 9 nitrogen and oxygen atoms in total. The number of amides is 1. The number of allylic oxidation sites excluding steroid dienone is 1. The number of ether oxygens (including phenoxy) is 4. The number of fused-ring (bicyclic) bond motifs is 3. The van der Waals surface area contributed by atoms with E-state index in [1.54, 1.807) is 11.5 Å². The minimum absolute atomic E-state index is 0.0186. The summed E-state index contributed by atoms with van der Waals surface area (Å²) in [6.07, 6.45) is 8.47. The van der Waals surface area contributed by atoms with E-state index in [1.807, 2.05) is 43.5 Å². The average Bonchev–Trinajstić information content (AvgIpc) is 3.68. The van der Waals surface area contributed by atoms with Crippen molar-refractivity contribution in [2.45, 2.75) is 64.2 Å². The van der Waals surface area contributed by atoms with Crippen LogP contribution in [0, 0.1) is 17.8 Å². The minimum atomic E-state index is -0.644. The van der Waals surface area contributed by atoms with Crippen molar-refractivity contribution in [2.24, 2.45) is 17.8 Å². The Balaban J connectivity index is 1.43. The zero-order valence-electron chi connectivity index (χ0n) is 23.6. The Hall–Kier alpha value is -2.72. The molecule has 6 atom stereocenters. The number of nitrogens with zero attached hydrogens (tertiary/aromatic N) is 1. The van der Waals surface area contributed by atoms with Crippen LogP contribution >= 0.6 is 0 Å². The molecule has 2 bridgehead atoms. The number of hydrogen-bond donors (Lipinski definition) is 2. The first-order chi connectivity index (χ1) is 19.5. The quantitative estimate of drug-likeness (QED) is 0.361. The number of aliphatic hydroxyl groups excluding tert-OH is 1. The highest BCUT2D eigenvalue weighted by atomic mass is 16.7. The molecule has 1 aromatic carbocycles. The summed E-state index contributed by atoms with van der Waals surface area (Å²) in [5.41, 5.74) is 1.79. The first kappa shape index (κ1) is 28.8. The molecule has 3 aliphatic rings. The van der Waals surface area contributed by atoms with Crippen LogP contribution in [0.3, 0.4) is 0 Å².